The van der Waals surface area contributed by atoms with Gasteiger partial charge in [-0.25, -0.2) is 4.79 Å². The lowest BCUT2D eigenvalue weighted by molar-refractivity contribution is -0.126. The van der Waals surface area contributed by atoms with Gasteiger partial charge in [0, 0.05) is 64.1 Å². The van der Waals surface area contributed by atoms with E-state index in [1.807, 2.05) is 12.4 Å². The summed E-state index contributed by atoms with van der Waals surface area (Å²) in [7, 11) is 2.18. The second kappa shape index (κ2) is 26.4. The van der Waals surface area contributed by atoms with Crippen molar-refractivity contribution in [1.29, 1.82) is 0 Å². The Morgan fingerprint density at radius 1 is 0.844 bits per heavy atom. The summed E-state index contributed by atoms with van der Waals surface area (Å²) in [5, 5.41) is 16.4. The molecule has 1 fully saturated rings. The summed E-state index contributed by atoms with van der Waals surface area (Å²) in [6, 6.07) is 2.69. The minimum absolute atomic E-state index is 0.111. The van der Waals surface area contributed by atoms with Crippen LogP contribution in [0.1, 0.15) is 89.3 Å². The van der Waals surface area contributed by atoms with Crippen LogP contribution < -0.4 is 16.0 Å². The molecule has 1 aliphatic rings. The number of carbonyl (C=O) groups is 3. The molecule has 3 amide bonds. The number of pyridine rings is 1. The van der Waals surface area contributed by atoms with Gasteiger partial charge in [0.1, 0.15) is 0 Å². The molecule has 258 valence electrons. The molecule has 1 aromatic rings. The number of ether oxygens (including phenoxy) is 3. The van der Waals surface area contributed by atoms with Crippen molar-refractivity contribution in [3.8, 4) is 0 Å². The average Bonchev–Trinajstić information content (AvgIpc) is 3.00. The second-order valence-corrected chi connectivity index (χ2v) is 11.9. The molecular formula is C33H59N5O7. The SMILES string of the molecule is CC(C)C.CN1CCCC[C@H]1c1cncc(CCCNC(=O)CCC(=O)NCCCOCCOCCOCCCNC(=O)O)c1. The number of hydrogen-bond donors (Lipinski definition) is 4. The Morgan fingerprint density at radius 3 is 1.93 bits per heavy atom. The lowest BCUT2D eigenvalue weighted by atomic mass is 9.95. The molecule has 4 N–H and O–H groups in total. The number of hydrogen-bond acceptors (Lipinski definition) is 8. The molecule has 2 heterocycles. The van der Waals surface area contributed by atoms with Gasteiger partial charge in [-0.3, -0.25) is 19.5 Å². The van der Waals surface area contributed by atoms with E-state index in [1.165, 1.54) is 30.4 Å². The fraction of sp³-hybridized carbons (Fsp3) is 0.758. The monoisotopic (exact) mass is 637 g/mol. The molecule has 45 heavy (non-hydrogen) atoms. The number of aromatic nitrogens is 1. The molecule has 2 rings (SSSR count). The van der Waals surface area contributed by atoms with Gasteiger partial charge in [0.05, 0.1) is 26.4 Å². The zero-order chi connectivity index (χ0) is 33.1. The number of rotatable bonds is 22. The highest BCUT2D eigenvalue weighted by Gasteiger charge is 2.21. The molecule has 0 aromatic carbocycles. The van der Waals surface area contributed by atoms with Crippen LogP contribution in [-0.4, -0.2) is 106 Å². The van der Waals surface area contributed by atoms with Gasteiger partial charge >= 0.3 is 6.09 Å². The van der Waals surface area contributed by atoms with Crippen molar-refractivity contribution in [3.63, 3.8) is 0 Å². The Morgan fingerprint density at radius 2 is 1.38 bits per heavy atom. The fourth-order valence-corrected chi connectivity index (χ4v) is 4.56. The first kappa shape index (κ1) is 40.2. The van der Waals surface area contributed by atoms with Crippen LogP contribution in [-0.2, 0) is 30.2 Å². The lowest BCUT2D eigenvalue weighted by Crippen LogP contribution is -2.29. The maximum atomic E-state index is 12.1. The highest BCUT2D eigenvalue weighted by atomic mass is 16.5. The van der Waals surface area contributed by atoms with E-state index in [1.54, 1.807) is 0 Å². The molecule has 0 bridgehead atoms. The Hall–Kier alpha value is -2.80. The number of nitrogens with one attached hydrogen (secondary N) is 3. The number of aryl methyl sites for hydroxylation is 1. The Bertz CT molecular complexity index is 932. The smallest absolute Gasteiger partial charge is 0.404 e. The molecule has 1 saturated heterocycles. The van der Waals surface area contributed by atoms with Crippen LogP contribution in [0.2, 0.25) is 0 Å². The van der Waals surface area contributed by atoms with Crippen molar-refractivity contribution >= 4 is 17.9 Å². The predicted octanol–water partition coefficient (Wildman–Crippen LogP) is 3.94. The number of carboxylic acid groups (broad SMARTS) is 1. The number of nitrogens with zero attached hydrogens (tertiary/aromatic N) is 2. The van der Waals surface area contributed by atoms with E-state index < -0.39 is 6.09 Å². The van der Waals surface area contributed by atoms with E-state index in [0.717, 1.165) is 25.3 Å². The highest BCUT2D eigenvalue weighted by Crippen LogP contribution is 2.29. The van der Waals surface area contributed by atoms with Gasteiger partial charge in [-0.15, -0.1) is 0 Å². The number of carbonyl (C=O) groups excluding carboxylic acids is 2. The molecule has 1 aromatic heterocycles. The molecule has 1 atom stereocenters. The zero-order valence-electron chi connectivity index (χ0n) is 28.1. The van der Waals surface area contributed by atoms with Gasteiger partial charge in [0.15, 0.2) is 0 Å². The van der Waals surface area contributed by atoms with Crippen molar-refractivity contribution in [1.82, 2.24) is 25.8 Å². The van der Waals surface area contributed by atoms with Crippen molar-refractivity contribution < 1.29 is 33.7 Å². The lowest BCUT2D eigenvalue weighted by Gasteiger charge is -2.32. The third-order valence-corrected chi connectivity index (χ3v) is 6.79. The zero-order valence-corrected chi connectivity index (χ0v) is 28.1. The number of piperidine rings is 1. The Labute approximate surface area is 270 Å². The molecule has 0 unspecified atom stereocenters. The minimum Gasteiger partial charge on any atom is -0.465 e. The standard InChI is InChI=1S/C29H49N5O7.C4H10/c1-34-14-3-2-8-26(34)25-21-24(22-30-23-25)7-4-11-31-27(35)9-10-28(36)32-12-5-15-39-17-19-41-20-18-40-16-6-13-33-29(37)38;1-4(2)3/h21-23,26,33H,2-20H2,1H3,(H,31,35)(H,32,36)(H,37,38);4H,1-3H3/t26-;/m0./s1. The molecule has 0 aliphatic carbocycles. The Kier molecular flexibility index (Phi) is 23.6. The van der Waals surface area contributed by atoms with Gasteiger partial charge in [0.2, 0.25) is 11.8 Å². The van der Waals surface area contributed by atoms with Crippen LogP contribution in [0.25, 0.3) is 0 Å². The molecule has 0 saturated carbocycles. The van der Waals surface area contributed by atoms with E-state index in [9.17, 15) is 14.4 Å². The first-order chi connectivity index (χ1) is 21.7. The normalized spacial score (nSPS) is 14.8. The van der Waals surface area contributed by atoms with Crippen molar-refractivity contribution in [2.24, 2.45) is 5.92 Å². The molecule has 0 radical (unpaired) electrons. The summed E-state index contributed by atoms with van der Waals surface area (Å²) in [4.78, 5) is 41.2. The van der Waals surface area contributed by atoms with Crippen molar-refractivity contribution in [2.45, 2.75) is 84.6 Å². The maximum Gasteiger partial charge on any atom is 0.404 e. The van der Waals surface area contributed by atoms with Crippen LogP contribution >= 0.6 is 0 Å². The summed E-state index contributed by atoms with van der Waals surface area (Å²) < 4.78 is 16.2. The van der Waals surface area contributed by atoms with Crippen molar-refractivity contribution in [2.75, 3.05) is 72.9 Å². The molecular weight excluding hydrogens is 578 g/mol. The summed E-state index contributed by atoms with van der Waals surface area (Å²) in [6.45, 7) is 11.9. The first-order valence-electron chi connectivity index (χ1n) is 16.6. The van der Waals surface area contributed by atoms with E-state index in [0.29, 0.717) is 78.2 Å². The van der Waals surface area contributed by atoms with Gasteiger partial charge < -0.3 is 35.3 Å². The number of likely N-dealkylation sites (tertiary alicyclic amines) is 1. The molecule has 1 aliphatic heterocycles. The molecule has 12 nitrogen and oxygen atoms in total. The van der Waals surface area contributed by atoms with Gasteiger partial charge in [-0.1, -0.05) is 33.3 Å². The van der Waals surface area contributed by atoms with Crippen LogP contribution in [0.5, 0.6) is 0 Å². The van der Waals surface area contributed by atoms with Gasteiger partial charge in [0.25, 0.3) is 0 Å². The summed E-state index contributed by atoms with van der Waals surface area (Å²) in [5.41, 5.74) is 2.47. The summed E-state index contributed by atoms with van der Waals surface area (Å²) >= 11 is 0. The quantitative estimate of drug-likeness (QED) is 0.139. The fourth-order valence-electron chi connectivity index (χ4n) is 4.56. The van der Waals surface area contributed by atoms with E-state index >= 15 is 0 Å². The van der Waals surface area contributed by atoms with Crippen molar-refractivity contribution in [3.05, 3.63) is 29.6 Å². The molecule has 12 heteroatoms. The predicted molar refractivity (Wildman–Crippen MR) is 175 cm³/mol. The minimum atomic E-state index is -1.03. The summed E-state index contributed by atoms with van der Waals surface area (Å²) in [6.07, 6.45) is 9.86. The third-order valence-electron chi connectivity index (χ3n) is 6.79. The summed E-state index contributed by atoms with van der Waals surface area (Å²) in [5.74, 6) is 0.581. The first-order valence-corrected chi connectivity index (χ1v) is 16.6. The van der Waals surface area contributed by atoms with Crippen LogP contribution in [0.3, 0.4) is 0 Å². The average molecular weight is 638 g/mol. The van der Waals surface area contributed by atoms with Gasteiger partial charge in [-0.05, 0) is 69.2 Å². The topological polar surface area (TPSA) is 151 Å². The van der Waals surface area contributed by atoms with E-state index in [4.69, 9.17) is 19.3 Å². The van der Waals surface area contributed by atoms with Crippen LogP contribution in [0.15, 0.2) is 18.5 Å². The second-order valence-electron chi connectivity index (χ2n) is 11.9. The van der Waals surface area contributed by atoms with Crippen LogP contribution in [0, 0.1) is 5.92 Å². The highest BCUT2D eigenvalue weighted by molar-refractivity contribution is 5.83. The maximum absolute atomic E-state index is 12.1. The van der Waals surface area contributed by atoms with Gasteiger partial charge in [-0.2, -0.15) is 0 Å². The van der Waals surface area contributed by atoms with Crippen LogP contribution in [0.4, 0.5) is 4.79 Å². The van der Waals surface area contributed by atoms with E-state index in [-0.39, 0.29) is 24.7 Å². The largest absolute Gasteiger partial charge is 0.465 e. The molecule has 0 spiro atoms. The van der Waals surface area contributed by atoms with E-state index in [2.05, 4.69) is 59.7 Å². The Balaban J connectivity index is 0.00000238. The number of amides is 3. The third kappa shape index (κ3) is 23.2.